The van der Waals surface area contributed by atoms with E-state index in [1.165, 1.54) is 0 Å². The quantitative estimate of drug-likeness (QED) is 0.479. The molecule has 0 saturated carbocycles. The maximum Gasteiger partial charge on any atom is 0.177 e. The van der Waals surface area contributed by atoms with E-state index >= 15 is 0 Å². The zero-order valence-corrected chi connectivity index (χ0v) is 13.8. The van der Waals surface area contributed by atoms with Crippen LogP contribution in [-0.4, -0.2) is 37.5 Å². The normalized spacial score (nSPS) is 27.6. The first kappa shape index (κ1) is 18.4. The number of ether oxygens (including phenoxy) is 4. The van der Waals surface area contributed by atoms with Gasteiger partial charge in [-0.3, -0.25) is 0 Å². The highest BCUT2D eigenvalue weighted by Crippen LogP contribution is 2.25. The van der Waals surface area contributed by atoms with Crippen LogP contribution in [0, 0.1) is 0 Å². The molecular formula is C17H30O4. The summed E-state index contributed by atoms with van der Waals surface area (Å²) in [5, 5.41) is 0. The van der Waals surface area contributed by atoms with E-state index in [9.17, 15) is 0 Å². The summed E-state index contributed by atoms with van der Waals surface area (Å²) in [5.74, 6) is 0. The van der Waals surface area contributed by atoms with E-state index in [1.807, 2.05) is 20.8 Å². The summed E-state index contributed by atoms with van der Waals surface area (Å²) in [5.41, 5.74) is 1.05. The van der Waals surface area contributed by atoms with Crippen LogP contribution in [0.15, 0.2) is 24.8 Å². The van der Waals surface area contributed by atoms with Crippen molar-refractivity contribution < 1.29 is 18.9 Å². The van der Waals surface area contributed by atoms with Gasteiger partial charge in [0.15, 0.2) is 12.6 Å². The highest BCUT2D eigenvalue weighted by Gasteiger charge is 2.31. The third-order valence-electron chi connectivity index (χ3n) is 3.45. The zero-order chi connectivity index (χ0) is 15.8. The Morgan fingerprint density at radius 3 is 2.57 bits per heavy atom. The first-order valence-corrected chi connectivity index (χ1v) is 7.83. The van der Waals surface area contributed by atoms with Crippen molar-refractivity contribution in [2.45, 2.75) is 77.8 Å². The van der Waals surface area contributed by atoms with Crippen LogP contribution in [0.4, 0.5) is 0 Å². The van der Waals surface area contributed by atoms with Gasteiger partial charge in [-0.15, -0.1) is 0 Å². The van der Waals surface area contributed by atoms with Gasteiger partial charge in [0.2, 0.25) is 0 Å². The van der Waals surface area contributed by atoms with Crippen LogP contribution in [0.25, 0.3) is 0 Å². The minimum atomic E-state index is -0.424. The van der Waals surface area contributed by atoms with Gasteiger partial charge in [0.05, 0.1) is 24.9 Å². The van der Waals surface area contributed by atoms with Gasteiger partial charge in [-0.1, -0.05) is 25.7 Å². The summed E-state index contributed by atoms with van der Waals surface area (Å²) in [7, 11) is 0. The second kappa shape index (κ2) is 9.36. The van der Waals surface area contributed by atoms with Crippen LogP contribution in [-0.2, 0) is 18.9 Å². The molecule has 0 bridgehead atoms. The molecule has 0 aliphatic carbocycles. The summed E-state index contributed by atoms with van der Waals surface area (Å²) in [4.78, 5) is 0. The van der Waals surface area contributed by atoms with Crippen molar-refractivity contribution in [1.82, 2.24) is 0 Å². The third-order valence-corrected chi connectivity index (χ3v) is 3.45. The SMILES string of the molecule is C=C[C@H](OCC(=C)CC)O[C@@H]1CC[C@H](OC(C)C)O[C@H]1C. The van der Waals surface area contributed by atoms with Crippen LogP contribution in [0.1, 0.15) is 47.0 Å². The molecule has 0 aromatic carbocycles. The first-order chi connectivity index (χ1) is 9.96. The summed E-state index contributed by atoms with van der Waals surface area (Å²) in [6.45, 7) is 16.3. The molecule has 0 radical (unpaired) electrons. The molecule has 122 valence electrons. The lowest BCUT2D eigenvalue weighted by molar-refractivity contribution is -0.257. The van der Waals surface area contributed by atoms with Crippen molar-refractivity contribution >= 4 is 0 Å². The van der Waals surface area contributed by atoms with Gasteiger partial charge in [0.25, 0.3) is 0 Å². The zero-order valence-electron chi connectivity index (χ0n) is 13.8. The fourth-order valence-corrected chi connectivity index (χ4v) is 2.15. The minimum absolute atomic E-state index is 0.00472. The maximum atomic E-state index is 5.94. The van der Waals surface area contributed by atoms with Gasteiger partial charge in [-0.2, -0.15) is 0 Å². The Bertz CT molecular complexity index is 327. The predicted molar refractivity (Wildman–Crippen MR) is 84.0 cm³/mol. The number of hydrogen-bond acceptors (Lipinski definition) is 4. The van der Waals surface area contributed by atoms with E-state index < -0.39 is 6.29 Å². The average molecular weight is 298 g/mol. The Morgan fingerprint density at radius 1 is 1.33 bits per heavy atom. The second-order valence-electron chi connectivity index (χ2n) is 5.73. The number of rotatable bonds is 9. The summed E-state index contributed by atoms with van der Waals surface area (Å²) < 4.78 is 23.1. The molecule has 0 amide bonds. The predicted octanol–water partition coefficient (Wildman–Crippen LogP) is 3.82. The minimum Gasteiger partial charge on any atom is -0.350 e. The molecular weight excluding hydrogens is 268 g/mol. The molecule has 4 nitrogen and oxygen atoms in total. The highest BCUT2D eigenvalue weighted by molar-refractivity contribution is 4.93. The Balaban J connectivity index is 2.39. The molecule has 0 N–H and O–H groups in total. The molecule has 4 heteroatoms. The summed E-state index contributed by atoms with van der Waals surface area (Å²) in [6.07, 6.45) is 3.88. The van der Waals surface area contributed by atoms with E-state index in [4.69, 9.17) is 18.9 Å². The molecule has 1 rings (SSSR count). The number of hydrogen-bond donors (Lipinski definition) is 0. The molecule has 0 aromatic heterocycles. The highest BCUT2D eigenvalue weighted by atomic mass is 16.7. The van der Waals surface area contributed by atoms with Gasteiger partial charge in [-0.25, -0.2) is 0 Å². The van der Waals surface area contributed by atoms with Crippen molar-refractivity contribution in [2.75, 3.05) is 6.61 Å². The molecule has 1 aliphatic heterocycles. The monoisotopic (exact) mass is 298 g/mol. The molecule has 0 aromatic rings. The van der Waals surface area contributed by atoms with Crippen LogP contribution in [0.5, 0.6) is 0 Å². The Hall–Kier alpha value is -0.680. The standard InChI is InChI=1S/C17H30O4/c1-7-13(5)11-18-16(8-2)21-15-9-10-17(19-12(3)4)20-14(15)6/h8,12,14-17H,2,5,7,9-11H2,1,3-4,6H3/t14-,15+,16+,17+/m0/s1. The van der Waals surface area contributed by atoms with E-state index in [-0.39, 0.29) is 24.6 Å². The van der Waals surface area contributed by atoms with E-state index in [0.29, 0.717) is 6.61 Å². The smallest absolute Gasteiger partial charge is 0.177 e. The lowest BCUT2D eigenvalue weighted by atomic mass is 10.1. The fourth-order valence-electron chi connectivity index (χ4n) is 2.15. The average Bonchev–Trinajstić information content (AvgIpc) is 2.44. The fraction of sp³-hybridized carbons (Fsp3) is 0.765. The van der Waals surface area contributed by atoms with Crippen molar-refractivity contribution in [3.05, 3.63) is 24.8 Å². The Morgan fingerprint density at radius 2 is 2.05 bits per heavy atom. The molecule has 0 unspecified atom stereocenters. The Labute approximate surface area is 129 Å². The van der Waals surface area contributed by atoms with Crippen LogP contribution in [0.2, 0.25) is 0 Å². The third kappa shape index (κ3) is 6.74. The van der Waals surface area contributed by atoms with Gasteiger partial charge >= 0.3 is 0 Å². The Kier molecular flexibility index (Phi) is 8.19. The van der Waals surface area contributed by atoms with Crippen molar-refractivity contribution in [2.24, 2.45) is 0 Å². The summed E-state index contributed by atoms with van der Waals surface area (Å²) >= 11 is 0. The van der Waals surface area contributed by atoms with Crippen molar-refractivity contribution in [3.8, 4) is 0 Å². The molecule has 1 fully saturated rings. The van der Waals surface area contributed by atoms with Crippen LogP contribution in [0.3, 0.4) is 0 Å². The molecule has 1 heterocycles. The van der Waals surface area contributed by atoms with Gasteiger partial charge in [0.1, 0.15) is 0 Å². The summed E-state index contributed by atoms with van der Waals surface area (Å²) in [6, 6.07) is 0. The van der Waals surface area contributed by atoms with E-state index in [2.05, 4.69) is 20.1 Å². The lowest BCUT2D eigenvalue weighted by Gasteiger charge is -2.36. The van der Waals surface area contributed by atoms with Crippen molar-refractivity contribution in [3.63, 3.8) is 0 Å². The molecule has 1 aliphatic rings. The van der Waals surface area contributed by atoms with Gasteiger partial charge in [0, 0.05) is 6.42 Å². The molecule has 0 spiro atoms. The topological polar surface area (TPSA) is 36.9 Å². The molecule has 21 heavy (non-hydrogen) atoms. The van der Waals surface area contributed by atoms with E-state index in [0.717, 1.165) is 24.8 Å². The second-order valence-corrected chi connectivity index (χ2v) is 5.73. The molecule has 1 saturated heterocycles. The maximum absolute atomic E-state index is 5.94. The van der Waals surface area contributed by atoms with Crippen molar-refractivity contribution in [1.29, 1.82) is 0 Å². The lowest BCUT2D eigenvalue weighted by Crippen LogP contribution is -2.42. The van der Waals surface area contributed by atoms with E-state index in [1.54, 1.807) is 6.08 Å². The van der Waals surface area contributed by atoms with Crippen LogP contribution >= 0.6 is 0 Å². The molecule has 4 atom stereocenters. The van der Waals surface area contributed by atoms with Gasteiger partial charge in [-0.05, 0) is 39.7 Å². The first-order valence-electron chi connectivity index (χ1n) is 7.83. The van der Waals surface area contributed by atoms with Gasteiger partial charge < -0.3 is 18.9 Å². The largest absolute Gasteiger partial charge is 0.350 e. The van der Waals surface area contributed by atoms with Crippen LogP contribution < -0.4 is 0 Å².